The highest BCUT2D eigenvalue weighted by molar-refractivity contribution is 6.33. The second-order valence-corrected chi connectivity index (χ2v) is 4.55. The van der Waals surface area contributed by atoms with E-state index in [4.69, 9.17) is 11.6 Å². The van der Waals surface area contributed by atoms with Crippen molar-refractivity contribution in [1.82, 2.24) is 0 Å². The molecular weight excluding hydrogens is 298 g/mol. The number of carbonyl (C=O) groups is 1. The molecule has 21 heavy (non-hydrogen) atoms. The number of phenols is 1. The Kier molecular flexibility index (Phi) is 4.09. The highest BCUT2D eigenvalue weighted by atomic mass is 35.5. The number of hydrogen-bond acceptors (Lipinski definition) is 5. The van der Waals surface area contributed by atoms with Gasteiger partial charge in [0.2, 0.25) is 0 Å². The maximum atomic E-state index is 11.6. The van der Waals surface area contributed by atoms with Crippen LogP contribution >= 0.6 is 11.6 Å². The van der Waals surface area contributed by atoms with Gasteiger partial charge in [-0.1, -0.05) is 23.7 Å². The maximum absolute atomic E-state index is 11.6. The molecule has 2 rings (SSSR count). The van der Waals surface area contributed by atoms with Gasteiger partial charge < -0.3 is 9.84 Å². The fourth-order valence-corrected chi connectivity index (χ4v) is 2.02. The van der Waals surface area contributed by atoms with Crippen molar-refractivity contribution in [2.75, 3.05) is 7.11 Å². The molecule has 0 heterocycles. The molecule has 0 fully saturated rings. The van der Waals surface area contributed by atoms with Gasteiger partial charge in [0.15, 0.2) is 5.75 Å². The van der Waals surface area contributed by atoms with Crippen LogP contribution in [0.5, 0.6) is 5.75 Å². The van der Waals surface area contributed by atoms with E-state index >= 15 is 0 Å². The molecule has 1 N–H and O–H groups in total. The van der Waals surface area contributed by atoms with Crippen molar-refractivity contribution in [2.24, 2.45) is 0 Å². The molecule has 0 unspecified atom stereocenters. The Morgan fingerprint density at radius 2 is 1.86 bits per heavy atom. The molecule has 0 saturated carbocycles. The van der Waals surface area contributed by atoms with Gasteiger partial charge in [-0.2, -0.15) is 0 Å². The number of halogens is 1. The molecule has 0 aliphatic carbocycles. The molecule has 0 aliphatic rings. The standard InChI is InChI=1S/C14H10ClNO5/c1-21-14(18)10-6-8(2-4-11(10)15)9-3-5-13(17)12(7-9)16(19)20/h2-7,17H,1H3. The van der Waals surface area contributed by atoms with Crippen molar-refractivity contribution >= 4 is 23.3 Å². The van der Waals surface area contributed by atoms with E-state index in [1.165, 1.54) is 37.4 Å². The Morgan fingerprint density at radius 1 is 1.24 bits per heavy atom. The summed E-state index contributed by atoms with van der Waals surface area (Å²) in [6.07, 6.45) is 0. The third kappa shape index (κ3) is 2.95. The summed E-state index contributed by atoms with van der Waals surface area (Å²) in [6.45, 7) is 0. The molecular formula is C14H10ClNO5. The molecule has 0 aliphatic heterocycles. The minimum Gasteiger partial charge on any atom is -0.502 e. The first-order valence-electron chi connectivity index (χ1n) is 5.79. The highest BCUT2D eigenvalue weighted by Crippen LogP contribution is 2.32. The van der Waals surface area contributed by atoms with Crippen molar-refractivity contribution in [3.8, 4) is 16.9 Å². The number of nitro benzene ring substituents is 1. The van der Waals surface area contributed by atoms with E-state index in [2.05, 4.69) is 4.74 Å². The Balaban J connectivity index is 2.55. The largest absolute Gasteiger partial charge is 0.502 e. The average Bonchev–Trinajstić information content (AvgIpc) is 2.47. The number of phenolic OH excluding ortho intramolecular Hbond substituents is 1. The minimum absolute atomic E-state index is 0.160. The Labute approximate surface area is 124 Å². The average molecular weight is 308 g/mol. The molecule has 0 spiro atoms. The zero-order valence-corrected chi connectivity index (χ0v) is 11.6. The second kappa shape index (κ2) is 5.80. The Morgan fingerprint density at radius 3 is 2.48 bits per heavy atom. The third-order valence-corrected chi connectivity index (χ3v) is 3.21. The van der Waals surface area contributed by atoms with Crippen molar-refractivity contribution in [3.63, 3.8) is 0 Å². The number of carbonyl (C=O) groups excluding carboxylic acids is 1. The van der Waals surface area contributed by atoms with E-state index in [0.717, 1.165) is 0 Å². The number of nitro groups is 1. The number of hydrogen-bond donors (Lipinski definition) is 1. The number of esters is 1. The van der Waals surface area contributed by atoms with Gasteiger partial charge in [-0.15, -0.1) is 0 Å². The first-order chi connectivity index (χ1) is 9.93. The summed E-state index contributed by atoms with van der Waals surface area (Å²) in [7, 11) is 1.23. The SMILES string of the molecule is COC(=O)c1cc(-c2ccc(O)c([N+](=O)[O-])c2)ccc1Cl. The van der Waals surface area contributed by atoms with Crippen molar-refractivity contribution < 1.29 is 19.6 Å². The van der Waals surface area contributed by atoms with Gasteiger partial charge in [0.05, 0.1) is 22.6 Å². The lowest BCUT2D eigenvalue weighted by molar-refractivity contribution is -0.385. The fraction of sp³-hybridized carbons (Fsp3) is 0.0714. The van der Waals surface area contributed by atoms with E-state index < -0.39 is 22.3 Å². The molecule has 0 saturated heterocycles. The van der Waals surface area contributed by atoms with Crippen LogP contribution in [0.4, 0.5) is 5.69 Å². The van der Waals surface area contributed by atoms with Crippen LogP contribution in [0.1, 0.15) is 10.4 Å². The lowest BCUT2D eigenvalue weighted by Gasteiger charge is -2.07. The van der Waals surface area contributed by atoms with Gasteiger partial charge in [-0.25, -0.2) is 4.79 Å². The van der Waals surface area contributed by atoms with Gasteiger partial charge in [0.25, 0.3) is 0 Å². The molecule has 0 atom stereocenters. The fourth-order valence-electron chi connectivity index (χ4n) is 1.82. The Bertz CT molecular complexity index is 729. The summed E-state index contributed by atoms with van der Waals surface area (Å²) in [6, 6.07) is 8.54. The number of benzene rings is 2. The lowest BCUT2D eigenvalue weighted by atomic mass is 10.0. The van der Waals surface area contributed by atoms with E-state index in [1.807, 2.05) is 0 Å². The van der Waals surface area contributed by atoms with Gasteiger partial charge >= 0.3 is 11.7 Å². The number of nitrogens with zero attached hydrogens (tertiary/aromatic N) is 1. The Hall–Kier alpha value is -2.60. The number of rotatable bonds is 3. The van der Waals surface area contributed by atoms with Crippen molar-refractivity contribution in [3.05, 3.63) is 57.1 Å². The van der Waals surface area contributed by atoms with E-state index in [-0.39, 0.29) is 10.6 Å². The van der Waals surface area contributed by atoms with Crippen LogP contribution in [0.15, 0.2) is 36.4 Å². The number of aromatic hydroxyl groups is 1. The molecule has 2 aromatic carbocycles. The molecule has 7 heteroatoms. The first-order valence-corrected chi connectivity index (χ1v) is 6.17. The smallest absolute Gasteiger partial charge is 0.339 e. The monoisotopic (exact) mass is 307 g/mol. The summed E-state index contributed by atoms with van der Waals surface area (Å²) in [5, 5.41) is 20.5. The summed E-state index contributed by atoms with van der Waals surface area (Å²) in [5.74, 6) is -1.03. The van der Waals surface area contributed by atoms with Gasteiger partial charge in [-0.3, -0.25) is 10.1 Å². The third-order valence-electron chi connectivity index (χ3n) is 2.88. The topological polar surface area (TPSA) is 89.7 Å². The predicted molar refractivity (Wildman–Crippen MR) is 76.5 cm³/mol. The van der Waals surface area contributed by atoms with Crippen molar-refractivity contribution in [2.45, 2.75) is 0 Å². The van der Waals surface area contributed by atoms with Gasteiger partial charge in [0, 0.05) is 6.07 Å². The van der Waals surface area contributed by atoms with Gasteiger partial charge in [0.1, 0.15) is 0 Å². The quantitative estimate of drug-likeness (QED) is 0.533. The molecule has 0 bridgehead atoms. The molecule has 108 valence electrons. The van der Waals surface area contributed by atoms with Crippen molar-refractivity contribution in [1.29, 1.82) is 0 Å². The van der Waals surface area contributed by atoms with Crippen LogP contribution in [0, 0.1) is 10.1 Å². The zero-order chi connectivity index (χ0) is 15.6. The van der Waals surface area contributed by atoms with Crippen LogP contribution in [0.25, 0.3) is 11.1 Å². The molecule has 0 aromatic heterocycles. The molecule has 0 radical (unpaired) electrons. The number of methoxy groups -OCH3 is 1. The molecule has 6 nitrogen and oxygen atoms in total. The summed E-state index contributed by atoms with van der Waals surface area (Å²) in [4.78, 5) is 21.7. The van der Waals surface area contributed by atoms with Crippen LogP contribution in [-0.2, 0) is 4.74 Å². The minimum atomic E-state index is -0.685. The normalized spacial score (nSPS) is 10.2. The molecule has 2 aromatic rings. The summed E-state index contributed by atoms with van der Waals surface area (Å²) < 4.78 is 4.62. The first kappa shape index (κ1) is 14.8. The lowest BCUT2D eigenvalue weighted by Crippen LogP contribution is -2.02. The van der Waals surface area contributed by atoms with Crippen LogP contribution in [0.3, 0.4) is 0 Å². The van der Waals surface area contributed by atoms with E-state index in [1.54, 1.807) is 6.07 Å². The number of ether oxygens (including phenoxy) is 1. The van der Waals surface area contributed by atoms with E-state index in [0.29, 0.717) is 11.1 Å². The summed E-state index contributed by atoms with van der Waals surface area (Å²) >= 11 is 5.92. The van der Waals surface area contributed by atoms with Gasteiger partial charge in [-0.05, 0) is 29.3 Å². The second-order valence-electron chi connectivity index (χ2n) is 4.15. The van der Waals surface area contributed by atoms with Crippen LogP contribution < -0.4 is 0 Å². The van der Waals surface area contributed by atoms with Crippen LogP contribution in [0.2, 0.25) is 5.02 Å². The van der Waals surface area contributed by atoms with Crippen LogP contribution in [-0.4, -0.2) is 23.1 Å². The zero-order valence-electron chi connectivity index (χ0n) is 10.9. The molecule has 0 amide bonds. The highest BCUT2D eigenvalue weighted by Gasteiger charge is 2.16. The predicted octanol–water partition coefficient (Wildman–Crippen LogP) is 3.41. The summed E-state index contributed by atoms with van der Waals surface area (Å²) in [5.41, 5.74) is 0.763. The maximum Gasteiger partial charge on any atom is 0.339 e. The van der Waals surface area contributed by atoms with E-state index in [9.17, 15) is 20.0 Å².